The van der Waals surface area contributed by atoms with Crippen molar-refractivity contribution in [1.29, 1.82) is 0 Å². The van der Waals surface area contributed by atoms with Crippen LogP contribution >= 0.6 is 0 Å². The van der Waals surface area contributed by atoms with Crippen molar-refractivity contribution in [2.75, 3.05) is 0 Å². The standard InChI is InChI=1S/C11H16O2/c1-2-3-11(12)13-10-7-8-4-5-9(10)6-8/h7-9H,2-6H2,1H3/t8?,9-/m1/s1. The summed E-state index contributed by atoms with van der Waals surface area (Å²) in [6.07, 6.45) is 7.31. The number of fused-ring (bicyclic) bond motifs is 2. The SMILES string of the molecule is CCCC(=O)OC1=CC2CC[C@@H]1C2. The molecule has 0 aromatic rings. The molecule has 0 N–H and O–H groups in total. The number of allylic oxidation sites excluding steroid dienone is 2. The van der Waals surface area contributed by atoms with Crippen LogP contribution in [0.25, 0.3) is 0 Å². The van der Waals surface area contributed by atoms with Gasteiger partial charge in [-0.1, -0.05) is 6.92 Å². The molecule has 0 radical (unpaired) electrons. The second-order valence-electron chi connectivity index (χ2n) is 4.06. The quantitative estimate of drug-likeness (QED) is 0.624. The summed E-state index contributed by atoms with van der Waals surface area (Å²) in [4.78, 5) is 11.2. The maximum atomic E-state index is 11.2. The van der Waals surface area contributed by atoms with Crippen LogP contribution in [0.3, 0.4) is 0 Å². The minimum atomic E-state index is -0.0544. The van der Waals surface area contributed by atoms with Crippen molar-refractivity contribution in [2.45, 2.75) is 39.0 Å². The highest BCUT2D eigenvalue weighted by molar-refractivity contribution is 5.70. The second-order valence-corrected chi connectivity index (χ2v) is 4.06. The van der Waals surface area contributed by atoms with E-state index in [0.29, 0.717) is 18.3 Å². The van der Waals surface area contributed by atoms with Gasteiger partial charge in [0.05, 0.1) is 0 Å². The number of hydrogen-bond acceptors (Lipinski definition) is 2. The molecule has 0 spiro atoms. The number of ether oxygens (including phenoxy) is 1. The zero-order chi connectivity index (χ0) is 9.26. The van der Waals surface area contributed by atoms with Gasteiger partial charge in [0.15, 0.2) is 0 Å². The first-order valence-electron chi connectivity index (χ1n) is 5.22. The highest BCUT2D eigenvalue weighted by Crippen LogP contribution is 2.44. The third kappa shape index (κ3) is 1.77. The predicted octanol–water partition coefficient (Wildman–Crippen LogP) is 2.64. The van der Waals surface area contributed by atoms with Gasteiger partial charge in [0.25, 0.3) is 0 Å². The third-order valence-electron chi connectivity index (χ3n) is 2.96. The monoisotopic (exact) mass is 180 g/mol. The summed E-state index contributed by atoms with van der Waals surface area (Å²) in [5.74, 6) is 2.18. The van der Waals surface area contributed by atoms with Crippen molar-refractivity contribution >= 4 is 5.97 Å². The predicted molar refractivity (Wildman–Crippen MR) is 49.9 cm³/mol. The number of hydrogen-bond donors (Lipinski definition) is 0. The molecule has 2 heteroatoms. The summed E-state index contributed by atoms with van der Waals surface area (Å²) >= 11 is 0. The Balaban J connectivity index is 1.89. The van der Waals surface area contributed by atoms with E-state index in [1.54, 1.807) is 0 Å². The largest absolute Gasteiger partial charge is 0.431 e. The fourth-order valence-corrected chi connectivity index (χ4v) is 2.30. The van der Waals surface area contributed by atoms with Gasteiger partial charge >= 0.3 is 5.97 Å². The van der Waals surface area contributed by atoms with Gasteiger partial charge < -0.3 is 4.74 Å². The van der Waals surface area contributed by atoms with E-state index in [1.807, 2.05) is 6.92 Å². The molecule has 72 valence electrons. The molecule has 2 rings (SSSR count). The first-order chi connectivity index (χ1) is 6.29. The molecule has 2 atom stereocenters. The van der Waals surface area contributed by atoms with Crippen LogP contribution in [0.15, 0.2) is 11.8 Å². The Morgan fingerprint density at radius 3 is 3.00 bits per heavy atom. The average Bonchev–Trinajstić information content (AvgIpc) is 2.65. The van der Waals surface area contributed by atoms with Crippen LogP contribution in [0, 0.1) is 11.8 Å². The Morgan fingerprint density at radius 1 is 1.62 bits per heavy atom. The fraction of sp³-hybridized carbons (Fsp3) is 0.727. The molecular formula is C11H16O2. The van der Waals surface area contributed by atoms with Crippen molar-refractivity contribution in [3.8, 4) is 0 Å². The molecule has 0 aromatic heterocycles. The van der Waals surface area contributed by atoms with Gasteiger partial charge in [-0.2, -0.15) is 0 Å². The summed E-state index contributed by atoms with van der Waals surface area (Å²) in [7, 11) is 0. The topological polar surface area (TPSA) is 26.3 Å². The Bertz CT molecular complexity index is 242. The molecule has 2 aliphatic rings. The summed E-state index contributed by atoms with van der Waals surface area (Å²) < 4.78 is 5.31. The maximum absolute atomic E-state index is 11.2. The highest BCUT2D eigenvalue weighted by Gasteiger charge is 2.34. The van der Waals surface area contributed by atoms with Crippen molar-refractivity contribution in [3.05, 3.63) is 11.8 Å². The minimum absolute atomic E-state index is 0.0544. The molecule has 0 aromatic carbocycles. The Hall–Kier alpha value is -0.790. The lowest BCUT2D eigenvalue weighted by Gasteiger charge is -2.12. The first kappa shape index (κ1) is 8.79. The molecule has 0 saturated heterocycles. The summed E-state index contributed by atoms with van der Waals surface area (Å²) in [6.45, 7) is 2.00. The second kappa shape index (κ2) is 3.52. The van der Waals surface area contributed by atoms with Crippen LogP contribution in [-0.2, 0) is 9.53 Å². The van der Waals surface area contributed by atoms with Gasteiger partial charge in [0.2, 0.25) is 0 Å². The van der Waals surface area contributed by atoms with E-state index in [1.165, 1.54) is 19.3 Å². The lowest BCUT2D eigenvalue weighted by Crippen LogP contribution is -2.08. The zero-order valence-corrected chi connectivity index (χ0v) is 8.08. The van der Waals surface area contributed by atoms with E-state index in [4.69, 9.17) is 4.74 Å². The van der Waals surface area contributed by atoms with E-state index >= 15 is 0 Å². The van der Waals surface area contributed by atoms with Gasteiger partial charge in [-0.25, -0.2) is 0 Å². The van der Waals surface area contributed by atoms with E-state index in [2.05, 4.69) is 6.08 Å². The van der Waals surface area contributed by atoms with Gasteiger partial charge in [-0.3, -0.25) is 4.79 Å². The molecule has 1 saturated carbocycles. The molecule has 1 fully saturated rings. The van der Waals surface area contributed by atoms with Crippen molar-refractivity contribution in [2.24, 2.45) is 11.8 Å². The average molecular weight is 180 g/mol. The summed E-state index contributed by atoms with van der Waals surface area (Å²) in [6, 6.07) is 0. The van der Waals surface area contributed by atoms with E-state index in [0.717, 1.165) is 12.2 Å². The molecule has 2 aliphatic carbocycles. The Labute approximate surface area is 79.0 Å². The molecular weight excluding hydrogens is 164 g/mol. The number of carbonyl (C=O) groups is 1. The Morgan fingerprint density at radius 2 is 2.46 bits per heavy atom. The minimum Gasteiger partial charge on any atom is -0.431 e. The van der Waals surface area contributed by atoms with E-state index in [9.17, 15) is 4.79 Å². The maximum Gasteiger partial charge on any atom is 0.310 e. The number of carbonyl (C=O) groups excluding carboxylic acids is 1. The molecule has 2 nitrogen and oxygen atoms in total. The molecule has 1 unspecified atom stereocenters. The smallest absolute Gasteiger partial charge is 0.310 e. The summed E-state index contributed by atoms with van der Waals surface area (Å²) in [5, 5.41) is 0. The van der Waals surface area contributed by atoms with Crippen LogP contribution in [-0.4, -0.2) is 5.97 Å². The van der Waals surface area contributed by atoms with Crippen molar-refractivity contribution < 1.29 is 9.53 Å². The van der Waals surface area contributed by atoms with Crippen LogP contribution < -0.4 is 0 Å². The fourth-order valence-electron chi connectivity index (χ4n) is 2.30. The molecule has 0 amide bonds. The normalized spacial score (nSPS) is 30.4. The molecule has 13 heavy (non-hydrogen) atoms. The lowest BCUT2D eigenvalue weighted by molar-refractivity contribution is -0.140. The van der Waals surface area contributed by atoms with Gasteiger partial charge in [0, 0.05) is 12.3 Å². The van der Waals surface area contributed by atoms with Crippen LogP contribution in [0.5, 0.6) is 0 Å². The summed E-state index contributed by atoms with van der Waals surface area (Å²) in [5.41, 5.74) is 0. The van der Waals surface area contributed by atoms with Crippen LogP contribution in [0.2, 0.25) is 0 Å². The first-order valence-corrected chi connectivity index (χ1v) is 5.22. The Kier molecular flexibility index (Phi) is 2.38. The van der Waals surface area contributed by atoms with Gasteiger partial charge in [-0.15, -0.1) is 0 Å². The molecule has 2 bridgehead atoms. The third-order valence-corrected chi connectivity index (χ3v) is 2.96. The number of rotatable bonds is 3. The van der Waals surface area contributed by atoms with Gasteiger partial charge in [-0.05, 0) is 37.7 Å². The van der Waals surface area contributed by atoms with Crippen molar-refractivity contribution in [1.82, 2.24) is 0 Å². The van der Waals surface area contributed by atoms with E-state index in [-0.39, 0.29) is 5.97 Å². The molecule has 0 aliphatic heterocycles. The lowest BCUT2D eigenvalue weighted by atomic mass is 10.1. The van der Waals surface area contributed by atoms with Crippen LogP contribution in [0.1, 0.15) is 39.0 Å². The zero-order valence-electron chi connectivity index (χ0n) is 8.08. The molecule has 0 heterocycles. The van der Waals surface area contributed by atoms with Crippen LogP contribution in [0.4, 0.5) is 0 Å². The number of esters is 1. The van der Waals surface area contributed by atoms with Crippen molar-refractivity contribution in [3.63, 3.8) is 0 Å². The van der Waals surface area contributed by atoms with Gasteiger partial charge in [0.1, 0.15) is 5.76 Å². The van der Waals surface area contributed by atoms with E-state index < -0.39 is 0 Å². The highest BCUT2D eigenvalue weighted by atomic mass is 16.5.